The standard InChI is InChI=1S/C11H12O2/c1-8-4-3-5-10-9(6-12-2)7-13-11(8)10/h3-5,7H,6H2,1-2H3. The lowest BCUT2D eigenvalue weighted by Crippen LogP contribution is -1.84. The Labute approximate surface area is 77.1 Å². The monoisotopic (exact) mass is 176 g/mol. The highest BCUT2D eigenvalue weighted by Crippen LogP contribution is 2.24. The van der Waals surface area contributed by atoms with E-state index in [1.54, 1.807) is 13.4 Å². The second-order valence-electron chi connectivity index (χ2n) is 3.15. The third-order valence-electron chi connectivity index (χ3n) is 2.18. The average Bonchev–Trinajstić information content (AvgIpc) is 2.51. The predicted molar refractivity (Wildman–Crippen MR) is 51.7 cm³/mol. The molecule has 1 aromatic heterocycles. The Balaban J connectivity index is 2.61. The molecule has 0 amide bonds. The molecule has 0 unspecified atom stereocenters. The molecular weight excluding hydrogens is 164 g/mol. The summed E-state index contributed by atoms with van der Waals surface area (Å²) in [7, 11) is 1.69. The van der Waals surface area contributed by atoms with Gasteiger partial charge in [-0.15, -0.1) is 0 Å². The number of fused-ring (bicyclic) bond motifs is 1. The Kier molecular flexibility index (Phi) is 2.07. The maximum Gasteiger partial charge on any atom is 0.137 e. The zero-order valence-electron chi connectivity index (χ0n) is 7.83. The first-order valence-corrected chi connectivity index (χ1v) is 4.27. The summed E-state index contributed by atoms with van der Waals surface area (Å²) in [4.78, 5) is 0. The number of hydrogen-bond donors (Lipinski definition) is 0. The number of methoxy groups -OCH3 is 1. The van der Waals surface area contributed by atoms with Gasteiger partial charge in [-0.3, -0.25) is 0 Å². The summed E-state index contributed by atoms with van der Waals surface area (Å²) in [6.45, 7) is 2.65. The van der Waals surface area contributed by atoms with Crippen LogP contribution in [0.2, 0.25) is 0 Å². The maximum absolute atomic E-state index is 5.45. The summed E-state index contributed by atoms with van der Waals surface area (Å²) in [5.74, 6) is 0. The van der Waals surface area contributed by atoms with Crippen molar-refractivity contribution in [1.82, 2.24) is 0 Å². The molecule has 2 aromatic rings. The van der Waals surface area contributed by atoms with Crippen molar-refractivity contribution in [2.45, 2.75) is 13.5 Å². The van der Waals surface area contributed by atoms with E-state index in [4.69, 9.17) is 9.15 Å². The van der Waals surface area contributed by atoms with Crippen LogP contribution in [0.1, 0.15) is 11.1 Å². The molecule has 2 rings (SSSR count). The number of hydrogen-bond acceptors (Lipinski definition) is 2. The minimum Gasteiger partial charge on any atom is -0.464 e. The van der Waals surface area contributed by atoms with Gasteiger partial charge in [-0.2, -0.15) is 0 Å². The molecule has 1 aromatic carbocycles. The van der Waals surface area contributed by atoms with E-state index in [2.05, 4.69) is 6.07 Å². The van der Waals surface area contributed by atoms with Gasteiger partial charge in [0, 0.05) is 18.1 Å². The van der Waals surface area contributed by atoms with Crippen LogP contribution in [-0.2, 0) is 11.3 Å². The van der Waals surface area contributed by atoms with Gasteiger partial charge in [-0.05, 0) is 12.5 Å². The molecule has 0 aliphatic heterocycles. The summed E-state index contributed by atoms with van der Waals surface area (Å²) in [5, 5.41) is 1.15. The number of aryl methyl sites for hydroxylation is 1. The number of furan rings is 1. The van der Waals surface area contributed by atoms with E-state index in [1.165, 1.54) is 5.56 Å². The third kappa shape index (κ3) is 1.33. The molecule has 0 radical (unpaired) electrons. The average molecular weight is 176 g/mol. The Hall–Kier alpha value is -1.28. The molecule has 0 atom stereocenters. The van der Waals surface area contributed by atoms with Crippen molar-refractivity contribution < 1.29 is 9.15 Å². The number of rotatable bonds is 2. The summed E-state index contributed by atoms with van der Waals surface area (Å²) in [6, 6.07) is 6.13. The van der Waals surface area contributed by atoms with Gasteiger partial charge in [0.15, 0.2) is 0 Å². The highest BCUT2D eigenvalue weighted by Gasteiger charge is 2.06. The lowest BCUT2D eigenvalue weighted by Gasteiger charge is -1.96. The molecule has 0 aliphatic carbocycles. The Morgan fingerprint density at radius 2 is 2.23 bits per heavy atom. The van der Waals surface area contributed by atoms with E-state index < -0.39 is 0 Å². The fraction of sp³-hybridized carbons (Fsp3) is 0.273. The highest BCUT2D eigenvalue weighted by molar-refractivity contribution is 5.83. The SMILES string of the molecule is COCc1coc2c(C)cccc12. The topological polar surface area (TPSA) is 22.4 Å². The van der Waals surface area contributed by atoms with Crippen LogP contribution in [0.5, 0.6) is 0 Å². The van der Waals surface area contributed by atoms with Crippen molar-refractivity contribution in [2.24, 2.45) is 0 Å². The van der Waals surface area contributed by atoms with Gasteiger partial charge < -0.3 is 9.15 Å². The van der Waals surface area contributed by atoms with Crippen molar-refractivity contribution in [3.8, 4) is 0 Å². The van der Waals surface area contributed by atoms with Crippen LogP contribution in [0.15, 0.2) is 28.9 Å². The molecule has 0 saturated carbocycles. The molecule has 0 aliphatic rings. The van der Waals surface area contributed by atoms with Gasteiger partial charge in [0.05, 0.1) is 12.9 Å². The minimum absolute atomic E-state index is 0.608. The van der Waals surface area contributed by atoms with E-state index >= 15 is 0 Å². The highest BCUT2D eigenvalue weighted by atomic mass is 16.5. The first-order valence-electron chi connectivity index (χ1n) is 4.27. The van der Waals surface area contributed by atoms with Crippen LogP contribution in [0.4, 0.5) is 0 Å². The van der Waals surface area contributed by atoms with Crippen molar-refractivity contribution in [2.75, 3.05) is 7.11 Å². The van der Waals surface area contributed by atoms with Crippen LogP contribution in [0.3, 0.4) is 0 Å². The summed E-state index contributed by atoms with van der Waals surface area (Å²) < 4.78 is 10.5. The predicted octanol–water partition coefficient (Wildman–Crippen LogP) is 2.89. The largest absolute Gasteiger partial charge is 0.464 e. The van der Waals surface area contributed by atoms with Crippen LogP contribution in [0.25, 0.3) is 11.0 Å². The third-order valence-corrected chi connectivity index (χ3v) is 2.18. The molecule has 0 N–H and O–H groups in total. The van der Waals surface area contributed by atoms with E-state index in [0.717, 1.165) is 16.5 Å². The second kappa shape index (κ2) is 3.23. The second-order valence-corrected chi connectivity index (χ2v) is 3.15. The van der Waals surface area contributed by atoms with E-state index in [-0.39, 0.29) is 0 Å². The van der Waals surface area contributed by atoms with E-state index in [9.17, 15) is 0 Å². The quantitative estimate of drug-likeness (QED) is 0.702. The van der Waals surface area contributed by atoms with Crippen LogP contribution >= 0.6 is 0 Å². The smallest absolute Gasteiger partial charge is 0.137 e. The molecule has 0 saturated heterocycles. The minimum atomic E-state index is 0.608. The van der Waals surface area contributed by atoms with Crippen molar-refractivity contribution in [3.05, 3.63) is 35.6 Å². The summed E-state index contributed by atoms with van der Waals surface area (Å²) >= 11 is 0. The van der Waals surface area contributed by atoms with Crippen molar-refractivity contribution in [1.29, 1.82) is 0 Å². The molecule has 2 heteroatoms. The number of ether oxygens (including phenoxy) is 1. The molecule has 13 heavy (non-hydrogen) atoms. The Morgan fingerprint density at radius 3 is 3.00 bits per heavy atom. The van der Waals surface area contributed by atoms with Crippen LogP contribution in [0, 0.1) is 6.92 Å². The van der Waals surface area contributed by atoms with Gasteiger partial charge in [0.2, 0.25) is 0 Å². The van der Waals surface area contributed by atoms with Crippen molar-refractivity contribution >= 4 is 11.0 Å². The molecule has 0 fully saturated rings. The molecule has 0 bridgehead atoms. The summed E-state index contributed by atoms with van der Waals surface area (Å²) in [5.41, 5.74) is 3.25. The van der Waals surface area contributed by atoms with Gasteiger partial charge in [-0.1, -0.05) is 18.2 Å². The maximum atomic E-state index is 5.45. The van der Waals surface area contributed by atoms with E-state index in [1.807, 2.05) is 19.1 Å². The lowest BCUT2D eigenvalue weighted by molar-refractivity contribution is 0.185. The molecular formula is C11H12O2. The summed E-state index contributed by atoms with van der Waals surface area (Å²) in [6.07, 6.45) is 1.77. The van der Waals surface area contributed by atoms with E-state index in [0.29, 0.717) is 6.61 Å². The van der Waals surface area contributed by atoms with Crippen LogP contribution in [-0.4, -0.2) is 7.11 Å². The molecule has 68 valence electrons. The van der Waals surface area contributed by atoms with Gasteiger partial charge in [-0.25, -0.2) is 0 Å². The van der Waals surface area contributed by atoms with Crippen molar-refractivity contribution in [3.63, 3.8) is 0 Å². The zero-order valence-corrected chi connectivity index (χ0v) is 7.83. The Morgan fingerprint density at radius 1 is 1.38 bits per heavy atom. The fourth-order valence-corrected chi connectivity index (χ4v) is 1.52. The van der Waals surface area contributed by atoms with Crippen LogP contribution < -0.4 is 0 Å². The normalized spacial score (nSPS) is 10.9. The van der Waals surface area contributed by atoms with Gasteiger partial charge in [0.1, 0.15) is 5.58 Å². The number of para-hydroxylation sites is 1. The number of benzene rings is 1. The van der Waals surface area contributed by atoms with Gasteiger partial charge in [0.25, 0.3) is 0 Å². The zero-order chi connectivity index (χ0) is 9.26. The first kappa shape index (κ1) is 8.32. The molecule has 1 heterocycles. The fourth-order valence-electron chi connectivity index (χ4n) is 1.52. The molecule has 0 spiro atoms. The molecule has 2 nitrogen and oxygen atoms in total. The first-order chi connectivity index (χ1) is 6.33. The Bertz CT molecular complexity index is 415. The lowest BCUT2D eigenvalue weighted by atomic mass is 10.1. The van der Waals surface area contributed by atoms with Gasteiger partial charge >= 0.3 is 0 Å².